The molecular weight excluding hydrogens is 198 g/mol. The van der Waals surface area contributed by atoms with Crippen molar-refractivity contribution in [1.82, 2.24) is 0 Å². The molecule has 0 bridgehead atoms. The van der Waals surface area contributed by atoms with Crippen LogP contribution in [0, 0.1) is 0 Å². The normalized spacial score (nSPS) is 16.6. The van der Waals surface area contributed by atoms with E-state index in [0.717, 1.165) is 6.42 Å². The SMILES string of the molecule is CC(CCN)S(=O)CCOC(C)(C)C. The molecule has 0 rings (SSSR count). The topological polar surface area (TPSA) is 52.3 Å². The Hall–Kier alpha value is 0.0700. The summed E-state index contributed by atoms with van der Waals surface area (Å²) >= 11 is 0. The number of hydrogen-bond acceptors (Lipinski definition) is 3. The first-order chi connectivity index (χ1) is 6.37. The van der Waals surface area contributed by atoms with Crippen molar-refractivity contribution >= 4 is 10.8 Å². The molecule has 2 unspecified atom stereocenters. The maximum absolute atomic E-state index is 11.6. The molecule has 14 heavy (non-hydrogen) atoms. The molecule has 0 saturated carbocycles. The van der Waals surface area contributed by atoms with Gasteiger partial charge >= 0.3 is 0 Å². The van der Waals surface area contributed by atoms with E-state index in [2.05, 4.69) is 0 Å². The van der Waals surface area contributed by atoms with Gasteiger partial charge in [0.15, 0.2) is 0 Å². The van der Waals surface area contributed by atoms with Crippen molar-refractivity contribution in [3.05, 3.63) is 0 Å². The first-order valence-corrected chi connectivity index (χ1v) is 6.46. The summed E-state index contributed by atoms with van der Waals surface area (Å²) in [6.45, 7) is 9.13. The zero-order chi connectivity index (χ0) is 11.2. The molecule has 2 N–H and O–H groups in total. The third-order valence-corrected chi connectivity index (χ3v) is 3.54. The van der Waals surface area contributed by atoms with E-state index < -0.39 is 10.8 Å². The summed E-state index contributed by atoms with van der Waals surface area (Å²) in [7, 11) is -0.804. The lowest BCUT2D eigenvalue weighted by atomic mass is 10.2. The first-order valence-electron chi connectivity index (χ1n) is 5.08. The summed E-state index contributed by atoms with van der Waals surface area (Å²) in [5.41, 5.74) is 5.26. The molecule has 86 valence electrons. The van der Waals surface area contributed by atoms with Gasteiger partial charge in [0.25, 0.3) is 0 Å². The Morgan fingerprint density at radius 3 is 2.43 bits per heavy atom. The summed E-state index contributed by atoms with van der Waals surface area (Å²) in [6, 6.07) is 0. The largest absolute Gasteiger partial charge is 0.375 e. The molecule has 0 radical (unpaired) electrons. The van der Waals surface area contributed by atoms with Gasteiger partial charge in [-0.15, -0.1) is 0 Å². The van der Waals surface area contributed by atoms with E-state index in [9.17, 15) is 4.21 Å². The molecule has 0 aliphatic carbocycles. The molecule has 0 amide bonds. The zero-order valence-corrected chi connectivity index (χ0v) is 10.5. The van der Waals surface area contributed by atoms with Crippen molar-refractivity contribution in [2.75, 3.05) is 18.9 Å². The standard InChI is InChI=1S/C10H23NO2S/c1-9(5-6-11)14(12)8-7-13-10(2,3)4/h9H,5-8,11H2,1-4H3. The Bertz CT molecular complexity index is 177. The Morgan fingerprint density at radius 2 is 2.00 bits per heavy atom. The van der Waals surface area contributed by atoms with Gasteiger partial charge in [-0.3, -0.25) is 4.21 Å². The van der Waals surface area contributed by atoms with Crippen LogP contribution in [0.1, 0.15) is 34.1 Å². The predicted molar refractivity (Wildman–Crippen MR) is 61.8 cm³/mol. The van der Waals surface area contributed by atoms with Crippen molar-refractivity contribution in [3.63, 3.8) is 0 Å². The highest BCUT2D eigenvalue weighted by atomic mass is 32.2. The minimum Gasteiger partial charge on any atom is -0.375 e. The van der Waals surface area contributed by atoms with Crippen LogP contribution in [-0.4, -0.2) is 34.0 Å². The minimum absolute atomic E-state index is 0.138. The average molecular weight is 221 g/mol. The lowest BCUT2D eigenvalue weighted by Gasteiger charge is -2.20. The number of rotatable bonds is 6. The van der Waals surface area contributed by atoms with Crippen molar-refractivity contribution in [3.8, 4) is 0 Å². The quantitative estimate of drug-likeness (QED) is 0.735. The van der Waals surface area contributed by atoms with Crippen molar-refractivity contribution in [2.45, 2.75) is 45.0 Å². The molecule has 0 heterocycles. The van der Waals surface area contributed by atoms with Crippen LogP contribution in [0.4, 0.5) is 0 Å². The van der Waals surface area contributed by atoms with Gasteiger partial charge in [0, 0.05) is 21.8 Å². The Kier molecular flexibility index (Phi) is 6.57. The summed E-state index contributed by atoms with van der Waals surface area (Å²) in [4.78, 5) is 0. The van der Waals surface area contributed by atoms with Crippen LogP contribution >= 0.6 is 0 Å². The molecule has 0 fully saturated rings. The van der Waals surface area contributed by atoms with E-state index in [4.69, 9.17) is 10.5 Å². The minimum atomic E-state index is -0.804. The van der Waals surface area contributed by atoms with E-state index in [-0.39, 0.29) is 10.9 Å². The summed E-state index contributed by atoms with van der Waals surface area (Å²) in [5.74, 6) is 0.610. The van der Waals surface area contributed by atoms with Crippen LogP contribution in [0.2, 0.25) is 0 Å². The Balaban J connectivity index is 3.64. The van der Waals surface area contributed by atoms with Crippen molar-refractivity contribution in [2.24, 2.45) is 5.73 Å². The molecule has 2 atom stereocenters. The fourth-order valence-electron chi connectivity index (χ4n) is 0.997. The highest BCUT2D eigenvalue weighted by molar-refractivity contribution is 7.85. The Labute approximate surface area is 89.9 Å². The van der Waals surface area contributed by atoms with Gasteiger partial charge in [-0.2, -0.15) is 0 Å². The molecule has 0 aromatic rings. The molecule has 0 aliphatic rings. The third-order valence-electron chi connectivity index (χ3n) is 1.84. The summed E-state index contributed by atoms with van der Waals surface area (Å²) in [5, 5.41) is 0.184. The van der Waals surface area contributed by atoms with Crippen LogP contribution in [0.15, 0.2) is 0 Å². The lowest BCUT2D eigenvalue weighted by molar-refractivity contribution is 0.00665. The fourth-order valence-corrected chi connectivity index (χ4v) is 2.05. The van der Waals surface area contributed by atoms with Crippen LogP contribution in [0.25, 0.3) is 0 Å². The number of ether oxygens (including phenoxy) is 1. The van der Waals surface area contributed by atoms with Gasteiger partial charge in [-0.1, -0.05) is 6.92 Å². The average Bonchev–Trinajstić information content (AvgIpc) is 2.02. The van der Waals surface area contributed by atoms with Crippen LogP contribution in [0.5, 0.6) is 0 Å². The molecule has 4 heteroatoms. The van der Waals surface area contributed by atoms with Crippen molar-refractivity contribution < 1.29 is 8.95 Å². The second-order valence-corrected chi connectivity index (χ2v) is 6.41. The van der Waals surface area contributed by atoms with Gasteiger partial charge in [0.05, 0.1) is 12.2 Å². The highest BCUT2D eigenvalue weighted by Crippen LogP contribution is 2.07. The molecule has 0 aromatic heterocycles. The van der Waals surface area contributed by atoms with E-state index in [1.807, 2.05) is 27.7 Å². The van der Waals surface area contributed by atoms with Gasteiger partial charge in [0.1, 0.15) is 0 Å². The fraction of sp³-hybridized carbons (Fsp3) is 1.00. The molecular formula is C10H23NO2S. The highest BCUT2D eigenvalue weighted by Gasteiger charge is 2.13. The molecule has 0 saturated heterocycles. The van der Waals surface area contributed by atoms with Gasteiger partial charge in [-0.25, -0.2) is 0 Å². The number of hydrogen-bond donors (Lipinski definition) is 1. The zero-order valence-electron chi connectivity index (χ0n) is 9.71. The lowest BCUT2D eigenvalue weighted by Crippen LogP contribution is -2.25. The Morgan fingerprint density at radius 1 is 1.43 bits per heavy atom. The van der Waals surface area contributed by atoms with E-state index in [1.54, 1.807) is 0 Å². The second kappa shape index (κ2) is 6.53. The molecule has 0 aliphatic heterocycles. The van der Waals surface area contributed by atoms with Crippen molar-refractivity contribution in [1.29, 1.82) is 0 Å². The van der Waals surface area contributed by atoms with E-state index >= 15 is 0 Å². The van der Waals surface area contributed by atoms with Gasteiger partial charge < -0.3 is 10.5 Å². The molecule has 0 aromatic carbocycles. The maximum atomic E-state index is 11.6. The summed E-state index contributed by atoms with van der Waals surface area (Å²) in [6.07, 6.45) is 0.822. The smallest absolute Gasteiger partial charge is 0.0598 e. The van der Waals surface area contributed by atoms with Crippen LogP contribution < -0.4 is 5.73 Å². The molecule has 3 nitrogen and oxygen atoms in total. The number of nitrogens with two attached hydrogens (primary N) is 1. The van der Waals surface area contributed by atoms with Gasteiger partial charge in [-0.05, 0) is 33.7 Å². The molecule has 0 spiro atoms. The monoisotopic (exact) mass is 221 g/mol. The maximum Gasteiger partial charge on any atom is 0.0598 e. The second-order valence-electron chi connectivity index (χ2n) is 4.43. The predicted octanol–water partition coefficient (Wildman–Crippen LogP) is 1.29. The third kappa shape index (κ3) is 7.47. The van der Waals surface area contributed by atoms with Gasteiger partial charge in [0.2, 0.25) is 0 Å². The van der Waals surface area contributed by atoms with E-state index in [0.29, 0.717) is 18.9 Å². The summed E-state index contributed by atoms with van der Waals surface area (Å²) < 4.78 is 17.1. The van der Waals surface area contributed by atoms with E-state index in [1.165, 1.54) is 0 Å². The van der Waals surface area contributed by atoms with Crippen LogP contribution in [-0.2, 0) is 15.5 Å². The van der Waals surface area contributed by atoms with Crippen LogP contribution in [0.3, 0.4) is 0 Å². The first kappa shape index (κ1) is 14.1.